The number of rotatable bonds is 2. The molecule has 0 amide bonds. The number of aromatic hydroxyl groups is 1. The molecule has 1 heteroatoms. The van der Waals surface area contributed by atoms with Gasteiger partial charge in [0.25, 0.3) is 0 Å². The standard InChI is InChI=1S/C19H22O/c1-14-13-17(15-5-3-2-4-6-15)9-12-19(14)16-7-10-18(20)11-8-16/h7-13,15,20H,2-6H2,1H3. The predicted octanol–water partition coefficient (Wildman–Crippen LogP) is 5.42. The molecule has 1 N–H and O–H groups in total. The minimum Gasteiger partial charge on any atom is -0.508 e. The van der Waals surface area contributed by atoms with Gasteiger partial charge in [0.05, 0.1) is 0 Å². The molecule has 0 atom stereocenters. The Labute approximate surface area is 121 Å². The zero-order valence-corrected chi connectivity index (χ0v) is 12.1. The zero-order chi connectivity index (χ0) is 13.9. The van der Waals surface area contributed by atoms with Crippen molar-refractivity contribution < 1.29 is 5.11 Å². The fourth-order valence-corrected chi connectivity index (χ4v) is 3.34. The zero-order valence-electron chi connectivity index (χ0n) is 12.1. The van der Waals surface area contributed by atoms with Crippen molar-refractivity contribution in [2.24, 2.45) is 0 Å². The SMILES string of the molecule is Cc1cc(C2CCCCC2)ccc1-c1ccc(O)cc1. The number of hydrogen-bond acceptors (Lipinski definition) is 1. The number of aryl methyl sites for hydroxylation is 1. The second kappa shape index (κ2) is 5.70. The molecular weight excluding hydrogens is 244 g/mol. The smallest absolute Gasteiger partial charge is 0.115 e. The Morgan fingerprint density at radius 2 is 1.60 bits per heavy atom. The van der Waals surface area contributed by atoms with Gasteiger partial charge in [0.2, 0.25) is 0 Å². The molecule has 1 fully saturated rings. The van der Waals surface area contributed by atoms with Gasteiger partial charge in [-0.05, 0) is 60.1 Å². The number of benzene rings is 2. The third-order valence-corrected chi connectivity index (χ3v) is 4.51. The number of phenolic OH excluding ortho intramolecular Hbond substituents is 1. The molecule has 0 unspecified atom stereocenters. The minimum absolute atomic E-state index is 0.324. The van der Waals surface area contributed by atoms with Gasteiger partial charge in [0.1, 0.15) is 5.75 Å². The van der Waals surface area contributed by atoms with Crippen LogP contribution in [0.15, 0.2) is 42.5 Å². The summed E-state index contributed by atoms with van der Waals surface area (Å²) in [5.74, 6) is 1.08. The van der Waals surface area contributed by atoms with Crippen LogP contribution in [0.4, 0.5) is 0 Å². The van der Waals surface area contributed by atoms with Gasteiger partial charge in [-0.15, -0.1) is 0 Å². The molecule has 2 aromatic rings. The number of hydrogen-bond donors (Lipinski definition) is 1. The van der Waals surface area contributed by atoms with Crippen molar-refractivity contribution in [2.45, 2.75) is 44.9 Å². The fraction of sp³-hybridized carbons (Fsp3) is 0.368. The largest absolute Gasteiger partial charge is 0.508 e. The highest BCUT2D eigenvalue weighted by Gasteiger charge is 2.16. The van der Waals surface area contributed by atoms with Gasteiger partial charge in [0.15, 0.2) is 0 Å². The lowest BCUT2D eigenvalue weighted by Gasteiger charge is -2.23. The molecule has 1 aliphatic rings. The minimum atomic E-state index is 0.324. The predicted molar refractivity (Wildman–Crippen MR) is 84.1 cm³/mol. The van der Waals surface area contributed by atoms with E-state index in [4.69, 9.17) is 0 Å². The number of phenols is 1. The Morgan fingerprint density at radius 1 is 0.900 bits per heavy atom. The normalized spacial score (nSPS) is 16.2. The summed E-state index contributed by atoms with van der Waals surface area (Å²) in [7, 11) is 0. The average molecular weight is 266 g/mol. The molecule has 2 aromatic carbocycles. The van der Waals surface area contributed by atoms with E-state index < -0.39 is 0 Å². The quantitative estimate of drug-likeness (QED) is 0.770. The molecule has 0 bridgehead atoms. The van der Waals surface area contributed by atoms with Crippen molar-refractivity contribution >= 4 is 0 Å². The van der Waals surface area contributed by atoms with Crippen molar-refractivity contribution in [2.75, 3.05) is 0 Å². The lowest BCUT2D eigenvalue weighted by Crippen LogP contribution is -2.04. The van der Waals surface area contributed by atoms with E-state index in [-0.39, 0.29) is 0 Å². The third kappa shape index (κ3) is 2.72. The van der Waals surface area contributed by atoms with Gasteiger partial charge in [-0.2, -0.15) is 0 Å². The summed E-state index contributed by atoms with van der Waals surface area (Å²) in [4.78, 5) is 0. The van der Waals surface area contributed by atoms with E-state index in [0.29, 0.717) is 5.75 Å². The maximum Gasteiger partial charge on any atom is 0.115 e. The molecule has 0 aliphatic heterocycles. The second-order valence-electron chi connectivity index (χ2n) is 5.96. The van der Waals surface area contributed by atoms with E-state index in [0.717, 1.165) is 5.92 Å². The summed E-state index contributed by atoms with van der Waals surface area (Å²) >= 11 is 0. The van der Waals surface area contributed by atoms with Gasteiger partial charge in [-0.25, -0.2) is 0 Å². The van der Waals surface area contributed by atoms with Gasteiger partial charge in [-0.3, -0.25) is 0 Å². The van der Waals surface area contributed by atoms with Crippen LogP contribution in [0, 0.1) is 6.92 Å². The van der Waals surface area contributed by atoms with Crippen LogP contribution in [0.25, 0.3) is 11.1 Å². The van der Waals surface area contributed by atoms with Gasteiger partial charge in [-0.1, -0.05) is 49.6 Å². The summed E-state index contributed by atoms with van der Waals surface area (Å²) in [5, 5.41) is 9.39. The molecule has 3 rings (SSSR count). The Morgan fingerprint density at radius 3 is 2.25 bits per heavy atom. The molecule has 20 heavy (non-hydrogen) atoms. The molecule has 0 radical (unpaired) electrons. The summed E-state index contributed by atoms with van der Waals surface area (Å²) in [6, 6.07) is 14.4. The van der Waals surface area contributed by atoms with E-state index in [9.17, 15) is 5.11 Å². The maximum atomic E-state index is 9.39. The van der Waals surface area contributed by atoms with E-state index in [1.54, 1.807) is 12.1 Å². The molecular formula is C19H22O. The van der Waals surface area contributed by atoms with E-state index in [1.807, 2.05) is 12.1 Å². The Hall–Kier alpha value is -1.76. The van der Waals surface area contributed by atoms with Crippen molar-refractivity contribution in [3.8, 4) is 16.9 Å². The molecule has 104 valence electrons. The highest BCUT2D eigenvalue weighted by atomic mass is 16.3. The monoisotopic (exact) mass is 266 g/mol. The van der Waals surface area contributed by atoms with Gasteiger partial charge >= 0.3 is 0 Å². The van der Waals surface area contributed by atoms with Crippen LogP contribution < -0.4 is 0 Å². The molecule has 1 aliphatic carbocycles. The summed E-state index contributed by atoms with van der Waals surface area (Å²) < 4.78 is 0. The summed E-state index contributed by atoms with van der Waals surface area (Å²) in [6.45, 7) is 2.19. The van der Waals surface area contributed by atoms with Crippen LogP contribution in [-0.4, -0.2) is 5.11 Å². The highest BCUT2D eigenvalue weighted by molar-refractivity contribution is 5.68. The first-order valence-corrected chi connectivity index (χ1v) is 7.64. The van der Waals surface area contributed by atoms with Crippen molar-refractivity contribution in [1.29, 1.82) is 0 Å². The summed E-state index contributed by atoms with van der Waals surface area (Å²) in [5.41, 5.74) is 5.28. The van der Waals surface area contributed by atoms with E-state index in [2.05, 4.69) is 25.1 Å². The van der Waals surface area contributed by atoms with Gasteiger partial charge < -0.3 is 5.11 Å². The Bertz CT molecular complexity index is 577. The lowest BCUT2D eigenvalue weighted by atomic mass is 9.83. The van der Waals surface area contributed by atoms with Crippen molar-refractivity contribution in [3.05, 3.63) is 53.6 Å². The van der Waals surface area contributed by atoms with E-state index >= 15 is 0 Å². The van der Waals surface area contributed by atoms with Crippen LogP contribution in [0.3, 0.4) is 0 Å². The van der Waals surface area contributed by atoms with Crippen LogP contribution >= 0.6 is 0 Å². The highest BCUT2D eigenvalue weighted by Crippen LogP contribution is 2.35. The molecule has 0 spiro atoms. The molecule has 1 saturated carbocycles. The second-order valence-corrected chi connectivity index (χ2v) is 5.96. The summed E-state index contributed by atoms with van der Waals surface area (Å²) in [6.07, 6.45) is 6.85. The maximum absolute atomic E-state index is 9.39. The lowest BCUT2D eigenvalue weighted by molar-refractivity contribution is 0.443. The fourth-order valence-electron chi connectivity index (χ4n) is 3.34. The van der Waals surface area contributed by atoms with Crippen molar-refractivity contribution in [3.63, 3.8) is 0 Å². The first-order chi connectivity index (χ1) is 9.74. The Kier molecular flexibility index (Phi) is 3.77. The van der Waals surface area contributed by atoms with Crippen LogP contribution in [0.2, 0.25) is 0 Å². The topological polar surface area (TPSA) is 20.2 Å². The van der Waals surface area contributed by atoms with Crippen LogP contribution in [0.1, 0.15) is 49.1 Å². The molecule has 1 nitrogen and oxygen atoms in total. The average Bonchev–Trinajstić information content (AvgIpc) is 2.49. The van der Waals surface area contributed by atoms with Crippen LogP contribution in [-0.2, 0) is 0 Å². The molecule has 0 aromatic heterocycles. The molecule has 0 heterocycles. The molecule has 0 saturated heterocycles. The van der Waals surface area contributed by atoms with Crippen molar-refractivity contribution in [1.82, 2.24) is 0 Å². The third-order valence-electron chi connectivity index (χ3n) is 4.51. The first kappa shape index (κ1) is 13.2. The van der Waals surface area contributed by atoms with Crippen LogP contribution in [0.5, 0.6) is 5.75 Å². The van der Waals surface area contributed by atoms with E-state index in [1.165, 1.54) is 54.4 Å². The van der Waals surface area contributed by atoms with Gasteiger partial charge in [0, 0.05) is 0 Å². The Balaban J connectivity index is 1.88. The first-order valence-electron chi connectivity index (χ1n) is 7.64.